The Balaban J connectivity index is 1.90. The quantitative estimate of drug-likeness (QED) is 0.824. The van der Waals surface area contributed by atoms with Crippen LogP contribution in [0, 0.1) is 5.92 Å². The summed E-state index contributed by atoms with van der Waals surface area (Å²) in [5, 5.41) is 3.31. The van der Waals surface area contributed by atoms with Gasteiger partial charge in [-0.15, -0.1) is 0 Å². The second-order valence-electron chi connectivity index (χ2n) is 4.39. The van der Waals surface area contributed by atoms with Gasteiger partial charge in [0.2, 0.25) is 0 Å². The van der Waals surface area contributed by atoms with Gasteiger partial charge < -0.3 is 14.8 Å². The zero-order chi connectivity index (χ0) is 12.8. The molecule has 98 valence electrons. The monoisotopic (exact) mass is 250 g/mol. The maximum Gasteiger partial charge on any atom is 0.356 e. The number of nitrogens with zero attached hydrogens (tertiary/aromatic N) is 1. The molecule has 1 fully saturated rings. The summed E-state index contributed by atoms with van der Waals surface area (Å²) in [4.78, 5) is 15.3. The molecule has 0 amide bonds. The van der Waals surface area contributed by atoms with Crippen LogP contribution in [0.15, 0.2) is 18.3 Å². The van der Waals surface area contributed by atoms with E-state index in [9.17, 15) is 4.79 Å². The molecule has 1 aliphatic heterocycles. The molecular formula is C13H18N2O3. The van der Waals surface area contributed by atoms with Gasteiger partial charge in [0.1, 0.15) is 5.69 Å². The Morgan fingerprint density at radius 3 is 3.28 bits per heavy atom. The molecule has 1 aromatic heterocycles. The number of carbonyl (C=O) groups is 1. The maximum atomic E-state index is 11.3. The first-order valence-electron chi connectivity index (χ1n) is 6.15. The van der Waals surface area contributed by atoms with Crippen molar-refractivity contribution in [2.75, 3.05) is 32.2 Å². The predicted octanol–water partition coefficient (Wildman–Crippen LogP) is 1.71. The Hall–Kier alpha value is -1.62. The van der Waals surface area contributed by atoms with Crippen LogP contribution < -0.4 is 5.32 Å². The molecule has 2 rings (SSSR count). The third kappa shape index (κ3) is 3.43. The molecule has 1 unspecified atom stereocenters. The Kier molecular flexibility index (Phi) is 4.52. The van der Waals surface area contributed by atoms with Crippen LogP contribution in [0.25, 0.3) is 0 Å². The topological polar surface area (TPSA) is 60.5 Å². The van der Waals surface area contributed by atoms with Crippen LogP contribution in [0.4, 0.5) is 5.69 Å². The molecule has 1 N–H and O–H groups in total. The highest BCUT2D eigenvalue weighted by Gasteiger charge is 2.14. The Morgan fingerprint density at radius 1 is 1.67 bits per heavy atom. The number of rotatable bonds is 4. The van der Waals surface area contributed by atoms with Gasteiger partial charge in [-0.05, 0) is 30.9 Å². The van der Waals surface area contributed by atoms with Crippen LogP contribution >= 0.6 is 0 Å². The van der Waals surface area contributed by atoms with E-state index in [-0.39, 0.29) is 0 Å². The van der Waals surface area contributed by atoms with Gasteiger partial charge in [0.15, 0.2) is 0 Å². The van der Waals surface area contributed by atoms with E-state index < -0.39 is 5.97 Å². The smallest absolute Gasteiger partial charge is 0.356 e. The highest BCUT2D eigenvalue weighted by atomic mass is 16.5. The lowest BCUT2D eigenvalue weighted by Gasteiger charge is -2.22. The summed E-state index contributed by atoms with van der Waals surface area (Å²) in [6, 6.07) is 3.55. The summed E-state index contributed by atoms with van der Waals surface area (Å²) in [5.41, 5.74) is 1.21. The van der Waals surface area contributed by atoms with Crippen molar-refractivity contribution >= 4 is 11.7 Å². The number of carbonyl (C=O) groups excluding carboxylic acids is 1. The standard InChI is InChI=1S/C13H18N2O3/c1-17-13(16)12-7-11(4-5-14-12)15-8-10-3-2-6-18-9-10/h4-5,7,10H,2-3,6,8-9H2,1H3,(H,14,15). The van der Waals surface area contributed by atoms with Crippen molar-refractivity contribution in [3.05, 3.63) is 24.0 Å². The highest BCUT2D eigenvalue weighted by Crippen LogP contribution is 2.15. The largest absolute Gasteiger partial charge is 0.464 e. The van der Waals surface area contributed by atoms with E-state index in [1.54, 1.807) is 12.3 Å². The van der Waals surface area contributed by atoms with Crippen molar-refractivity contribution in [3.8, 4) is 0 Å². The Bertz CT molecular complexity index is 403. The predicted molar refractivity (Wildman–Crippen MR) is 67.6 cm³/mol. The van der Waals surface area contributed by atoms with E-state index in [1.807, 2.05) is 6.07 Å². The lowest BCUT2D eigenvalue weighted by Crippen LogP contribution is -2.24. The number of anilines is 1. The molecule has 0 saturated carbocycles. The molecule has 2 heterocycles. The number of methoxy groups -OCH3 is 1. The molecule has 1 aromatic rings. The normalized spacial score (nSPS) is 19.3. The summed E-state index contributed by atoms with van der Waals surface area (Å²) in [6.07, 6.45) is 3.91. The molecule has 1 atom stereocenters. The summed E-state index contributed by atoms with van der Waals surface area (Å²) in [7, 11) is 1.35. The third-order valence-electron chi connectivity index (χ3n) is 3.00. The Morgan fingerprint density at radius 2 is 2.56 bits per heavy atom. The number of hydrogen-bond donors (Lipinski definition) is 1. The van der Waals surface area contributed by atoms with Crippen LogP contribution in [0.3, 0.4) is 0 Å². The lowest BCUT2D eigenvalue weighted by molar-refractivity contribution is 0.0590. The average molecular weight is 250 g/mol. The highest BCUT2D eigenvalue weighted by molar-refractivity contribution is 5.88. The van der Waals surface area contributed by atoms with Gasteiger partial charge in [-0.1, -0.05) is 0 Å². The number of esters is 1. The third-order valence-corrected chi connectivity index (χ3v) is 3.00. The molecule has 0 aromatic carbocycles. The molecular weight excluding hydrogens is 232 g/mol. The number of hydrogen-bond acceptors (Lipinski definition) is 5. The van der Waals surface area contributed by atoms with Crippen molar-refractivity contribution in [1.82, 2.24) is 4.98 Å². The average Bonchev–Trinajstić information content (AvgIpc) is 2.45. The fraction of sp³-hybridized carbons (Fsp3) is 0.538. The molecule has 5 heteroatoms. The zero-order valence-corrected chi connectivity index (χ0v) is 10.5. The lowest BCUT2D eigenvalue weighted by atomic mass is 10.0. The van der Waals surface area contributed by atoms with Crippen LogP contribution in [-0.2, 0) is 9.47 Å². The van der Waals surface area contributed by atoms with Gasteiger partial charge in [0, 0.05) is 25.0 Å². The van der Waals surface area contributed by atoms with Gasteiger partial charge >= 0.3 is 5.97 Å². The van der Waals surface area contributed by atoms with Crippen molar-refractivity contribution in [3.63, 3.8) is 0 Å². The van der Waals surface area contributed by atoms with Gasteiger partial charge in [-0.3, -0.25) is 0 Å². The molecule has 0 spiro atoms. The number of aromatic nitrogens is 1. The van der Waals surface area contributed by atoms with E-state index in [4.69, 9.17) is 4.74 Å². The van der Waals surface area contributed by atoms with E-state index in [0.29, 0.717) is 11.6 Å². The first kappa shape index (κ1) is 12.8. The molecule has 5 nitrogen and oxygen atoms in total. The van der Waals surface area contributed by atoms with Crippen molar-refractivity contribution in [1.29, 1.82) is 0 Å². The van der Waals surface area contributed by atoms with Gasteiger partial charge in [-0.2, -0.15) is 0 Å². The van der Waals surface area contributed by atoms with Gasteiger partial charge in [0.25, 0.3) is 0 Å². The summed E-state index contributed by atoms with van der Waals surface area (Å²) >= 11 is 0. The minimum absolute atomic E-state index is 0.322. The minimum atomic E-state index is -0.417. The second-order valence-corrected chi connectivity index (χ2v) is 4.39. The molecule has 0 radical (unpaired) electrons. The van der Waals surface area contributed by atoms with E-state index in [2.05, 4.69) is 15.0 Å². The molecule has 1 saturated heterocycles. The summed E-state index contributed by atoms with van der Waals surface area (Å²) < 4.78 is 10.1. The SMILES string of the molecule is COC(=O)c1cc(NCC2CCCOC2)ccn1. The van der Waals surface area contributed by atoms with Crippen molar-refractivity contribution in [2.45, 2.75) is 12.8 Å². The molecule has 1 aliphatic rings. The first-order valence-corrected chi connectivity index (χ1v) is 6.15. The van der Waals surface area contributed by atoms with Crippen LogP contribution in [0.2, 0.25) is 0 Å². The first-order chi connectivity index (χ1) is 8.79. The van der Waals surface area contributed by atoms with E-state index >= 15 is 0 Å². The fourth-order valence-corrected chi connectivity index (χ4v) is 1.99. The van der Waals surface area contributed by atoms with E-state index in [0.717, 1.165) is 31.9 Å². The zero-order valence-electron chi connectivity index (χ0n) is 10.5. The molecule has 0 bridgehead atoms. The second kappa shape index (κ2) is 6.35. The summed E-state index contributed by atoms with van der Waals surface area (Å²) in [6.45, 7) is 2.53. The molecule has 0 aliphatic carbocycles. The minimum Gasteiger partial charge on any atom is -0.464 e. The van der Waals surface area contributed by atoms with Crippen molar-refractivity contribution < 1.29 is 14.3 Å². The van der Waals surface area contributed by atoms with Crippen LogP contribution in [0.5, 0.6) is 0 Å². The number of ether oxygens (including phenoxy) is 2. The summed E-state index contributed by atoms with van der Waals surface area (Å²) in [5.74, 6) is 0.119. The maximum absolute atomic E-state index is 11.3. The van der Waals surface area contributed by atoms with Crippen molar-refractivity contribution in [2.24, 2.45) is 5.92 Å². The van der Waals surface area contributed by atoms with Crippen LogP contribution in [-0.4, -0.2) is 37.8 Å². The number of pyridine rings is 1. The van der Waals surface area contributed by atoms with Crippen LogP contribution in [0.1, 0.15) is 23.3 Å². The van der Waals surface area contributed by atoms with Gasteiger partial charge in [0.05, 0.1) is 13.7 Å². The fourth-order valence-electron chi connectivity index (χ4n) is 1.99. The number of nitrogens with one attached hydrogen (secondary N) is 1. The molecule has 18 heavy (non-hydrogen) atoms. The van der Waals surface area contributed by atoms with Gasteiger partial charge in [-0.25, -0.2) is 9.78 Å². The van der Waals surface area contributed by atoms with E-state index in [1.165, 1.54) is 13.5 Å². The Labute approximate surface area is 107 Å².